The molecule has 6 nitrogen and oxygen atoms in total. The first kappa shape index (κ1) is 56.6. The van der Waals surface area contributed by atoms with Crippen molar-refractivity contribution in [1.82, 2.24) is 0 Å². The van der Waals surface area contributed by atoms with Crippen molar-refractivity contribution < 1.29 is 28.6 Å². The number of rotatable bonds is 46. The molecule has 0 aromatic rings. The molecule has 344 valence electrons. The number of carbonyl (C=O) groups excluding carboxylic acids is 3. The lowest BCUT2D eigenvalue weighted by molar-refractivity contribution is -0.167. The molecule has 6 heteroatoms. The molecule has 0 aromatic carbocycles. The second-order valence-corrected chi connectivity index (χ2v) is 17.1. The lowest BCUT2D eigenvalue weighted by Gasteiger charge is -2.18. The van der Waals surface area contributed by atoms with Crippen LogP contribution >= 0.6 is 0 Å². The summed E-state index contributed by atoms with van der Waals surface area (Å²) in [7, 11) is 0. The minimum Gasteiger partial charge on any atom is -0.462 e. The zero-order chi connectivity index (χ0) is 43.0. The van der Waals surface area contributed by atoms with Gasteiger partial charge in [-0.3, -0.25) is 14.4 Å². The van der Waals surface area contributed by atoms with Crippen molar-refractivity contribution in [2.24, 2.45) is 0 Å². The Kier molecular flexibility index (Phi) is 46.4. The van der Waals surface area contributed by atoms with Crippen LogP contribution in [0.5, 0.6) is 0 Å². The Hall–Kier alpha value is -2.37. The van der Waals surface area contributed by atoms with Crippen LogP contribution < -0.4 is 0 Å². The zero-order valence-corrected chi connectivity index (χ0v) is 39.3. The normalized spacial score (nSPS) is 12.3. The predicted molar refractivity (Wildman–Crippen MR) is 252 cm³/mol. The molecule has 0 rings (SSSR count). The van der Waals surface area contributed by atoms with Gasteiger partial charge in [0.1, 0.15) is 13.2 Å². The highest BCUT2D eigenvalue weighted by Gasteiger charge is 2.19. The minimum absolute atomic E-state index is 0.0784. The van der Waals surface area contributed by atoms with Crippen LogP contribution in [0.3, 0.4) is 0 Å². The van der Waals surface area contributed by atoms with E-state index in [9.17, 15) is 14.4 Å². The van der Waals surface area contributed by atoms with Gasteiger partial charge in [-0.05, 0) is 70.6 Å². The van der Waals surface area contributed by atoms with E-state index >= 15 is 0 Å². The van der Waals surface area contributed by atoms with Crippen molar-refractivity contribution in [1.29, 1.82) is 0 Å². The van der Waals surface area contributed by atoms with Crippen molar-refractivity contribution in [3.8, 4) is 0 Å². The van der Waals surface area contributed by atoms with Gasteiger partial charge < -0.3 is 14.2 Å². The van der Waals surface area contributed by atoms with Crippen LogP contribution in [0.2, 0.25) is 0 Å². The lowest BCUT2D eigenvalue weighted by atomic mass is 10.0. The number of allylic oxidation sites excluding steroid dienone is 6. The molecular formula is C53H96O6. The van der Waals surface area contributed by atoms with Crippen LogP contribution in [0.15, 0.2) is 36.5 Å². The first-order chi connectivity index (χ1) is 29.0. The number of unbranched alkanes of at least 4 members (excludes halogenated alkanes) is 29. The highest BCUT2D eigenvalue weighted by atomic mass is 16.6. The third-order valence-corrected chi connectivity index (χ3v) is 11.1. The molecule has 0 fully saturated rings. The molecule has 0 spiro atoms. The van der Waals surface area contributed by atoms with Crippen molar-refractivity contribution >= 4 is 17.9 Å². The summed E-state index contributed by atoms with van der Waals surface area (Å²) in [5.74, 6) is -0.891. The Morgan fingerprint density at radius 3 is 1.02 bits per heavy atom. The number of hydrogen-bond donors (Lipinski definition) is 0. The van der Waals surface area contributed by atoms with Crippen LogP contribution in [0.4, 0.5) is 0 Å². The summed E-state index contributed by atoms with van der Waals surface area (Å²) in [6.07, 6.45) is 55.5. The summed E-state index contributed by atoms with van der Waals surface area (Å²) in [4.78, 5) is 37.9. The standard InChI is InChI=1S/C53H96O6/c1-4-7-10-13-16-19-22-25-28-31-34-37-40-43-46-52(55)58-49-50(48-57-51(54)45-42-39-36-33-30-27-24-21-18-15-12-9-6-3)59-53(56)47-44-41-38-35-32-29-26-23-20-17-14-11-8-5-2/h13,16,21-22,24-25,50H,4-12,14-15,17-20,23,26-49H2,1-3H3/b16-13+,24-21+,25-22+/t50-/m1/s1. The van der Waals surface area contributed by atoms with E-state index < -0.39 is 6.10 Å². The molecule has 0 radical (unpaired) electrons. The lowest BCUT2D eigenvalue weighted by Crippen LogP contribution is -2.30. The second kappa shape index (κ2) is 48.3. The second-order valence-electron chi connectivity index (χ2n) is 17.1. The van der Waals surface area contributed by atoms with E-state index in [1.54, 1.807) is 0 Å². The van der Waals surface area contributed by atoms with Crippen molar-refractivity contribution in [3.05, 3.63) is 36.5 Å². The third-order valence-electron chi connectivity index (χ3n) is 11.1. The van der Waals surface area contributed by atoms with E-state index in [2.05, 4.69) is 57.2 Å². The molecular weight excluding hydrogens is 733 g/mol. The molecule has 0 saturated heterocycles. The number of ether oxygens (including phenoxy) is 3. The Labute approximate surface area is 365 Å². The first-order valence-electron chi connectivity index (χ1n) is 25.5. The quantitative estimate of drug-likeness (QED) is 0.0263. The van der Waals surface area contributed by atoms with Gasteiger partial charge in [0.05, 0.1) is 0 Å². The summed E-state index contributed by atoms with van der Waals surface area (Å²) in [5.41, 5.74) is 0. The molecule has 0 aliphatic rings. The van der Waals surface area contributed by atoms with Gasteiger partial charge in [-0.15, -0.1) is 0 Å². The van der Waals surface area contributed by atoms with Gasteiger partial charge in [0.25, 0.3) is 0 Å². The number of esters is 3. The third kappa shape index (κ3) is 46.5. The van der Waals surface area contributed by atoms with E-state index in [-0.39, 0.29) is 31.1 Å². The van der Waals surface area contributed by atoms with Crippen LogP contribution in [0.1, 0.15) is 265 Å². The van der Waals surface area contributed by atoms with Crippen LogP contribution in [0, 0.1) is 0 Å². The molecule has 59 heavy (non-hydrogen) atoms. The topological polar surface area (TPSA) is 78.9 Å². The van der Waals surface area contributed by atoms with Crippen molar-refractivity contribution in [3.63, 3.8) is 0 Å². The molecule has 0 unspecified atom stereocenters. The summed E-state index contributed by atoms with van der Waals surface area (Å²) < 4.78 is 16.8. The zero-order valence-electron chi connectivity index (χ0n) is 39.3. The molecule has 0 saturated carbocycles. The Balaban J connectivity index is 4.39. The fourth-order valence-electron chi connectivity index (χ4n) is 7.22. The minimum atomic E-state index is -0.776. The molecule has 0 N–H and O–H groups in total. The average Bonchev–Trinajstić information content (AvgIpc) is 3.23. The van der Waals surface area contributed by atoms with Gasteiger partial charge in [0.15, 0.2) is 6.10 Å². The average molecular weight is 829 g/mol. The van der Waals surface area contributed by atoms with E-state index in [1.807, 2.05) is 0 Å². The van der Waals surface area contributed by atoms with Gasteiger partial charge in [-0.1, -0.05) is 211 Å². The molecule has 0 aromatic heterocycles. The van der Waals surface area contributed by atoms with Crippen molar-refractivity contribution in [2.45, 2.75) is 271 Å². The Morgan fingerprint density at radius 1 is 0.339 bits per heavy atom. The van der Waals surface area contributed by atoms with E-state index in [1.165, 1.54) is 141 Å². The highest BCUT2D eigenvalue weighted by molar-refractivity contribution is 5.71. The summed E-state index contributed by atoms with van der Waals surface area (Å²) in [6.45, 7) is 6.58. The number of hydrogen-bond acceptors (Lipinski definition) is 6. The van der Waals surface area contributed by atoms with Gasteiger partial charge in [-0.2, -0.15) is 0 Å². The summed E-state index contributed by atoms with van der Waals surface area (Å²) in [6, 6.07) is 0. The Morgan fingerprint density at radius 2 is 0.627 bits per heavy atom. The van der Waals surface area contributed by atoms with Gasteiger partial charge in [0, 0.05) is 19.3 Å². The molecule has 0 bridgehead atoms. The smallest absolute Gasteiger partial charge is 0.306 e. The summed E-state index contributed by atoms with van der Waals surface area (Å²) in [5, 5.41) is 0. The van der Waals surface area contributed by atoms with E-state index in [4.69, 9.17) is 14.2 Å². The summed E-state index contributed by atoms with van der Waals surface area (Å²) >= 11 is 0. The van der Waals surface area contributed by atoms with Gasteiger partial charge in [-0.25, -0.2) is 0 Å². The van der Waals surface area contributed by atoms with E-state index in [0.29, 0.717) is 19.3 Å². The fourth-order valence-corrected chi connectivity index (χ4v) is 7.22. The molecule has 0 aliphatic carbocycles. The Bertz CT molecular complexity index is 1000. The van der Waals surface area contributed by atoms with Crippen molar-refractivity contribution in [2.75, 3.05) is 13.2 Å². The highest BCUT2D eigenvalue weighted by Crippen LogP contribution is 2.15. The maximum absolute atomic E-state index is 12.8. The molecule has 0 heterocycles. The molecule has 0 aliphatic heterocycles. The largest absolute Gasteiger partial charge is 0.462 e. The first-order valence-corrected chi connectivity index (χ1v) is 25.5. The van der Waals surface area contributed by atoms with Crippen LogP contribution in [-0.2, 0) is 28.6 Å². The fraction of sp³-hybridized carbons (Fsp3) is 0.830. The van der Waals surface area contributed by atoms with Gasteiger partial charge in [0.2, 0.25) is 0 Å². The number of carbonyl (C=O) groups is 3. The van der Waals surface area contributed by atoms with Crippen LogP contribution in [0.25, 0.3) is 0 Å². The van der Waals surface area contributed by atoms with Crippen LogP contribution in [-0.4, -0.2) is 37.2 Å². The monoisotopic (exact) mass is 829 g/mol. The van der Waals surface area contributed by atoms with E-state index in [0.717, 1.165) is 83.5 Å². The van der Waals surface area contributed by atoms with Gasteiger partial charge >= 0.3 is 17.9 Å². The maximum Gasteiger partial charge on any atom is 0.306 e. The SMILES string of the molecule is CCCC/C=C/C/C=C/CCCCCCCC(=O)OC[C@@H](COC(=O)CCCCCCC/C=C/CCCCCC)OC(=O)CCCCCCCCCCCCCCCC. The molecule has 0 amide bonds. The maximum atomic E-state index is 12.8. The predicted octanol–water partition coefficient (Wildman–Crippen LogP) is 16.5. The molecule has 1 atom stereocenters.